The molecule has 4 nitrogen and oxygen atoms in total. The molecule has 2 aromatic rings. The Morgan fingerprint density at radius 3 is 2.57 bits per heavy atom. The summed E-state index contributed by atoms with van der Waals surface area (Å²) < 4.78 is 7.28. The van der Waals surface area contributed by atoms with E-state index in [2.05, 4.69) is 15.5 Å². The molecular weight excluding hydrogens is 264 g/mol. The van der Waals surface area contributed by atoms with E-state index in [4.69, 9.17) is 4.74 Å². The van der Waals surface area contributed by atoms with E-state index in [1.54, 1.807) is 7.11 Å². The van der Waals surface area contributed by atoms with Gasteiger partial charge in [0, 0.05) is 45.7 Å². The van der Waals surface area contributed by atoms with Crippen molar-refractivity contribution in [2.75, 3.05) is 26.8 Å². The summed E-state index contributed by atoms with van der Waals surface area (Å²) in [5, 5.41) is 10.4. The lowest BCUT2D eigenvalue weighted by molar-refractivity contribution is 0.0838. The van der Waals surface area contributed by atoms with E-state index >= 15 is 0 Å². The minimum Gasteiger partial charge on any atom is -0.387 e. The van der Waals surface area contributed by atoms with Gasteiger partial charge in [-0.15, -0.1) is 0 Å². The molecule has 114 valence electrons. The first kappa shape index (κ1) is 15.8. The van der Waals surface area contributed by atoms with Crippen molar-refractivity contribution < 1.29 is 9.84 Å². The van der Waals surface area contributed by atoms with Gasteiger partial charge in [0.1, 0.15) is 0 Å². The molecule has 0 bridgehead atoms. The Hall–Kier alpha value is -1.62. The van der Waals surface area contributed by atoms with Gasteiger partial charge in [-0.1, -0.05) is 30.3 Å². The van der Waals surface area contributed by atoms with Crippen LogP contribution in [0.4, 0.5) is 0 Å². The molecule has 1 aromatic heterocycles. The summed E-state index contributed by atoms with van der Waals surface area (Å²) in [5.41, 5.74) is 2.18. The zero-order valence-corrected chi connectivity index (χ0v) is 12.8. The van der Waals surface area contributed by atoms with Crippen LogP contribution in [0.2, 0.25) is 0 Å². The fourth-order valence-corrected chi connectivity index (χ4v) is 2.37. The average molecular weight is 288 g/mol. The fourth-order valence-electron chi connectivity index (χ4n) is 2.37. The monoisotopic (exact) mass is 288 g/mol. The first-order valence-corrected chi connectivity index (χ1v) is 7.25. The lowest BCUT2D eigenvalue weighted by atomic mass is 10.1. The van der Waals surface area contributed by atoms with Crippen LogP contribution < -0.4 is 0 Å². The van der Waals surface area contributed by atoms with Gasteiger partial charge in [0.05, 0.1) is 12.7 Å². The van der Waals surface area contributed by atoms with E-state index in [0.717, 1.165) is 18.7 Å². The first-order valence-electron chi connectivity index (χ1n) is 7.25. The zero-order chi connectivity index (χ0) is 15.1. The smallest absolute Gasteiger partial charge is 0.0917 e. The Kier molecular flexibility index (Phi) is 5.99. The summed E-state index contributed by atoms with van der Waals surface area (Å²) in [7, 11) is 3.74. The highest BCUT2D eigenvalue weighted by molar-refractivity contribution is 5.17. The van der Waals surface area contributed by atoms with Gasteiger partial charge in [0.2, 0.25) is 0 Å². The normalized spacial score (nSPS) is 12.8. The second kappa shape index (κ2) is 7.98. The molecule has 1 unspecified atom stereocenters. The number of hydrogen-bond donors (Lipinski definition) is 1. The molecule has 0 amide bonds. The highest BCUT2D eigenvalue weighted by Gasteiger charge is 2.14. The predicted molar refractivity (Wildman–Crippen MR) is 84.0 cm³/mol. The van der Waals surface area contributed by atoms with E-state index < -0.39 is 6.10 Å². The second-order valence-corrected chi connectivity index (χ2v) is 5.26. The van der Waals surface area contributed by atoms with Gasteiger partial charge in [0.25, 0.3) is 0 Å². The average Bonchev–Trinajstić information content (AvgIpc) is 2.91. The Morgan fingerprint density at radius 1 is 1.19 bits per heavy atom. The molecular formula is C17H24N2O2. The fraction of sp³-hybridized carbons (Fsp3) is 0.412. The van der Waals surface area contributed by atoms with Crippen LogP contribution in [-0.2, 0) is 18.3 Å². The van der Waals surface area contributed by atoms with Crippen LogP contribution >= 0.6 is 0 Å². The van der Waals surface area contributed by atoms with E-state index in [9.17, 15) is 5.11 Å². The number of aryl methyl sites for hydroxylation is 1. The highest BCUT2D eigenvalue weighted by atomic mass is 16.5. The summed E-state index contributed by atoms with van der Waals surface area (Å²) in [6, 6.07) is 13.9. The standard InChI is InChI=1S/C17H24N2O2/c1-18-10-6-9-16(18)13-19(11-12-21-2)14-17(20)15-7-4-3-5-8-15/h3-10,17,20H,11-14H2,1-2H3. The molecule has 21 heavy (non-hydrogen) atoms. The molecule has 1 N–H and O–H groups in total. The largest absolute Gasteiger partial charge is 0.387 e. The molecule has 0 saturated carbocycles. The molecule has 0 aliphatic rings. The number of nitrogens with zero attached hydrogens (tertiary/aromatic N) is 2. The Morgan fingerprint density at radius 2 is 1.95 bits per heavy atom. The van der Waals surface area contributed by atoms with Crippen LogP contribution in [-0.4, -0.2) is 41.4 Å². The van der Waals surface area contributed by atoms with E-state index in [-0.39, 0.29) is 0 Å². The van der Waals surface area contributed by atoms with Crippen molar-refractivity contribution in [3.63, 3.8) is 0 Å². The molecule has 2 rings (SSSR count). The van der Waals surface area contributed by atoms with Gasteiger partial charge in [-0.25, -0.2) is 0 Å². The summed E-state index contributed by atoms with van der Waals surface area (Å²) >= 11 is 0. The molecule has 0 aliphatic heterocycles. The summed E-state index contributed by atoms with van der Waals surface area (Å²) in [6.45, 7) is 2.85. The maximum atomic E-state index is 10.4. The molecule has 0 radical (unpaired) electrons. The van der Waals surface area contributed by atoms with Crippen molar-refractivity contribution in [1.82, 2.24) is 9.47 Å². The number of methoxy groups -OCH3 is 1. The van der Waals surface area contributed by atoms with Crippen LogP contribution in [0, 0.1) is 0 Å². The lowest BCUT2D eigenvalue weighted by Gasteiger charge is -2.25. The van der Waals surface area contributed by atoms with Gasteiger partial charge in [-0.05, 0) is 17.7 Å². The number of aliphatic hydroxyl groups excluding tert-OH is 1. The molecule has 1 aromatic carbocycles. The maximum absolute atomic E-state index is 10.4. The highest BCUT2D eigenvalue weighted by Crippen LogP contribution is 2.15. The molecule has 0 fully saturated rings. The van der Waals surface area contributed by atoms with Gasteiger partial charge in [-0.3, -0.25) is 4.90 Å². The first-order chi connectivity index (χ1) is 10.2. The van der Waals surface area contributed by atoms with Crippen molar-refractivity contribution in [3.8, 4) is 0 Å². The summed E-state index contributed by atoms with van der Waals surface area (Å²) in [6.07, 6.45) is 1.56. The van der Waals surface area contributed by atoms with Crippen molar-refractivity contribution in [1.29, 1.82) is 0 Å². The van der Waals surface area contributed by atoms with Crippen LogP contribution in [0.25, 0.3) is 0 Å². The third kappa shape index (κ3) is 4.70. The van der Waals surface area contributed by atoms with Crippen LogP contribution in [0.1, 0.15) is 17.4 Å². The second-order valence-electron chi connectivity index (χ2n) is 5.26. The minimum atomic E-state index is -0.483. The number of ether oxygens (including phenoxy) is 1. The topological polar surface area (TPSA) is 37.6 Å². The molecule has 1 atom stereocenters. The van der Waals surface area contributed by atoms with Crippen molar-refractivity contribution in [3.05, 3.63) is 59.9 Å². The molecule has 1 heterocycles. The third-order valence-corrected chi connectivity index (χ3v) is 3.66. The van der Waals surface area contributed by atoms with Gasteiger partial charge >= 0.3 is 0 Å². The number of rotatable bonds is 8. The number of benzene rings is 1. The Labute approximate surface area is 126 Å². The molecule has 0 aliphatic carbocycles. The van der Waals surface area contributed by atoms with Crippen LogP contribution in [0.5, 0.6) is 0 Å². The van der Waals surface area contributed by atoms with Gasteiger partial charge in [0.15, 0.2) is 0 Å². The summed E-state index contributed by atoms with van der Waals surface area (Å²) in [4.78, 5) is 2.22. The minimum absolute atomic E-state index is 0.483. The van der Waals surface area contributed by atoms with Crippen molar-refractivity contribution in [2.45, 2.75) is 12.6 Å². The molecule has 4 heteroatoms. The van der Waals surface area contributed by atoms with Crippen molar-refractivity contribution >= 4 is 0 Å². The van der Waals surface area contributed by atoms with E-state index in [0.29, 0.717) is 13.2 Å². The van der Waals surface area contributed by atoms with Crippen molar-refractivity contribution in [2.24, 2.45) is 7.05 Å². The quantitative estimate of drug-likeness (QED) is 0.809. The Bertz CT molecular complexity index is 525. The van der Waals surface area contributed by atoms with Gasteiger partial charge in [-0.2, -0.15) is 0 Å². The Balaban J connectivity index is 2.00. The number of hydrogen-bond acceptors (Lipinski definition) is 3. The summed E-state index contributed by atoms with van der Waals surface area (Å²) in [5.74, 6) is 0. The molecule has 0 saturated heterocycles. The lowest BCUT2D eigenvalue weighted by Crippen LogP contribution is -2.32. The van der Waals surface area contributed by atoms with Crippen LogP contribution in [0.3, 0.4) is 0 Å². The maximum Gasteiger partial charge on any atom is 0.0917 e. The zero-order valence-electron chi connectivity index (χ0n) is 12.8. The SMILES string of the molecule is COCCN(Cc1cccn1C)CC(O)c1ccccc1. The third-order valence-electron chi connectivity index (χ3n) is 3.66. The van der Waals surface area contributed by atoms with Gasteiger partial charge < -0.3 is 14.4 Å². The number of aromatic nitrogens is 1. The predicted octanol–water partition coefficient (Wildman–Crippen LogP) is 2.21. The number of aliphatic hydroxyl groups is 1. The van der Waals surface area contributed by atoms with Crippen LogP contribution in [0.15, 0.2) is 48.7 Å². The van der Waals surface area contributed by atoms with E-state index in [1.165, 1.54) is 5.69 Å². The van der Waals surface area contributed by atoms with E-state index in [1.807, 2.05) is 49.6 Å². The molecule has 0 spiro atoms.